The van der Waals surface area contributed by atoms with Gasteiger partial charge >= 0.3 is 6.09 Å². The van der Waals surface area contributed by atoms with Gasteiger partial charge in [-0.25, -0.2) is 13.6 Å². The van der Waals surface area contributed by atoms with Crippen LogP contribution in [-0.4, -0.2) is 30.7 Å². The van der Waals surface area contributed by atoms with Gasteiger partial charge in [0.05, 0.1) is 18.6 Å². The number of carbonyl (C=O) groups excluding carboxylic acids is 2. The van der Waals surface area contributed by atoms with Crippen molar-refractivity contribution >= 4 is 12.4 Å². The summed E-state index contributed by atoms with van der Waals surface area (Å²) in [4.78, 5) is 23.8. The van der Waals surface area contributed by atoms with Gasteiger partial charge in [0, 0.05) is 5.56 Å². The molecule has 1 fully saturated rings. The maximum Gasteiger partial charge on any atom is 0.408 e. The van der Waals surface area contributed by atoms with Gasteiger partial charge in [-0.15, -0.1) is 0 Å². The minimum atomic E-state index is -1.53. The number of aldehydes is 1. The van der Waals surface area contributed by atoms with E-state index in [-0.39, 0.29) is 12.2 Å². The molecule has 24 heavy (non-hydrogen) atoms. The average Bonchev–Trinajstić information content (AvgIpc) is 2.76. The van der Waals surface area contributed by atoms with E-state index >= 15 is 0 Å². The Morgan fingerprint density at radius 2 is 2.08 bits per heavy atom. The Kier molecular flexibility index (Phi) is 4.94. The second-order valence-corrected chi connectivity index (χ2v) is 6.88. The fourth-order valence-electron chi connectivity index (χ4n) is 2.87. The van der Waals surface area contributed by atoms with Crippen LogP contribution < -0.4 is 5.32 Å². The lowest BCUT2D eigenvalue weighted by Crippen LogP contribution is -2.54. The SMILES string of the molecule is C[C@H]1OC[C@@](NC(=O)OC(C)(C)C)(c2cccc(F)c2F)[C@@H]1C=O. The second-order valence-electron chi connectivity index (χ2n) is 6.88. The molecule has 1 amide bonds. The van der Waals surface area contributed by atoms with Crippen LogP contribution in [0, 0.1) is 17.6 Å². The highest BCUT2D eigenvalue weighted by molar-refractivity contribution is 5.72. The molecule has 1 N–H and O–H groups in total. The minimum Gasteiger partial charge on any atom is -0.444 e. The van der Waals surface area contributed by atoms with Crippen LogP contribution in [0.15, 0.2) is 18.2 Å². The second kappa shape index (κ2) is 6.47. The smallest absolute Gasteiger partial charge is 0.408 e. The van der Waals surface area contributed by atoms with Crippen molar-refractivity contribution in [3.05, 3.63) is 35.4 Å². The average molecular weight is 341 g/mol. The van der Waals surface area contributed by atoms with Crippen LogP contribution in [0.5, 0.6) is 0 Å². The van der Waals surface area contributed by atoms with E-state index in [1.807, 2.05) is 0 Å². The van der Waals surface area contributed by atoms with Crippen LogP contribution in [0.4, 0.5) is 13.6 Å². The molecule has 1 aliphatic heterocycles. The van der Waals surface area contributed by atoms with Gasteiger partial charge in [0.15, 0.2) is 11.6 Å². The Morgan fingerprint density at radius 1 is 1.42 bits per heavy atom. The molecule has 1 aliphatic rings. The quantitative estimate of drug-likeness (QED) is 0.859. The highest BCUT2D eigenvalue weighted by Crippen LogP contribution is 2.40. The van der Waals surface area contributed by atoms with Crippen LogP contribution in [0.25, 0.3) is 0 Å². The van der Waals surface area contributed by atoms with Crippen molar-refractivity contribution < 1.29 is 27.8 Å². The molecule has 0 unspecified atom stereocenters. The van der Waals surface area contributed by atoms with Gasteiger partial charge in [-0.2, -0.15) is 0 Å². The van der Waals surface area contributed by atoms with Crippen LogP contribution >= 0.6 is 0 Å². The van der Waals surface area contributed by atoms with E-state index in [1.54, 1.807) is 27.7 Å². The Labute approximate surface area is 139 Å². The highest BCUT2D eigenvalue weighted by atomic mass is 19.2. The number of rotatable bonds is 3. The van der Waals surface area contributed by atoms with Crippen LogP contribution in [0.1, 0.15) is 33.3 Å². The van der Waals surface area contributed by atoms with Crippen LogP contribution in [0.3, 0.4) is 0 Å². The molecule has 132 valence electrons. The number of alkyl carbamates (subject to hydrolysis) is 1. The topological polar surface area (TPSA) is 64.6 Å². The van der Waals surface area contributed by atoms with Crippen molar-refractivity contribution in [1.29, 1.82) is 0 Å². The molecule has 1 aromatic carbocycles. The lowest BCUT2D eigenvalue weighted by Gasteiger charge is -2.34. The molecule has 0 spiro atoms. The third-order valence-electron chi connectivity index (χ3n) is 3.95. The molecule has 0 aliphatic carbocycles. The van der Waals surface area contributed by atoms with Gasteiger partial charge in [-0.3, -0.25) is 0 Å². The summed E-state index contributed by atoms with van der Waals surface area (Å²) < 4.78 is 38.7. The van der Waals surface area contributed by atoms with Gasteiger partial charge in [-0.1, -0.05) is 12.1 Å². The Hall–Kier alpha value is -2.02. The highest BCUT2D eigenvalue weighted by Gasteiger charge is 2.52. The van der Waals surface area contributed by atoms with E-state index in [1.165, 1.54) is 12.1 Å². The number of nitrogens with one attached hydrogen (secondary N) is 1. The number of benzene rings is 1. The third-order valence-corrected chi connectivity index (χ3v) is 3.95. The van der Waals surface area contributed by atoms with Crippen molar-refractivity contribution in [2.75, 3.05) is 6.61 Å². The summed E-state index contributed by atoms with van der Waals surface area (Å²) in [5.41, 5.74) is -2.46. The molecule has 2 rings (SSSR count). The Bertz CT molecular complexity index is 644. The van der Waals surface area contributed by atoms with E-state index in [0.717, 1.165) is 6.07 Å². The summed E-state index contributed by atoms with van der Waals surface area (Å²) in [5.74, 6) is -3.08. The molecular weight excluding hydrogens is 320 g/mol. The van der Waals surface area contributed by atoms with Gasteiger partial charge in [0.2, 0.25) is 0 Å². The standard InChI is InChI=1S/C17H21F2NO4/c1-10-12(8-21)17(9-23-10,20-15(22)24-16(2,3)4)11-6-5-7-13(18)14(11)19/h5-8,10,12H,9H2,1-4H3,(H,20,22)/t10-,12-,17-/m1/s1. The maximum absolute atomic E-state index is 14.4. The summed E-state index contributed by atoms with van der Waals surface area (Å²) in [6.45, 7) is 6.49. The third kappa shape index (κ3) is 3.40. The zero-order valence-electron chi connectivity index (χ0n) is 14.1. The van der Waals surface area contributed by atoms with E-state index in [9.17, 15) is 18.4 Å². The van der Waals surface area contributed by atoms with E-state index in [4.69, 9.17) is 9.47 Å². The zero-order valence-corrected chi connectivity index (χ0v) is 14.1. The normalized spacial score (nSPS) is 26.9. The Balaban J connectivity index is 2.49. The molecule has 5 nitrogen and oxygen atoms in total. The molecule has 1 aromatic rings. The molecule has 1 saturated heterocycles. The molecule has 0 bridgehead atoms. The minimum absolute atomic E-state index is 0.144. The summed E-state index contributed by atoms with van der Waals surface area (Å²) >= 11 is 0. The molecule has 7 heteroatoms. The zero-order chi connectivity index (χ0) is 18.1. The molecule has 0 saturated carbocycles. The molecule has 0 radical (unpaired) electrons. The number of hydrogen-bond donors (Lipinski definition) is 1. The molecule has 1 heterocycles. The van der Waals surface area contributed by atoms with Gasteiger partial charge < -0.3 is 19.6 Å². The van der Waals surface area contributed by atoms with E-state index < -0.39 is 40.9 Å². The van der Waals surface area contributed by atoms with Crippen molar-refractivity contribution in [2.24, 2.45) is 5.92 Å². The largest absolute Gasteiger partial charge is 0.444 e. The first-order valence-corrected chi connectivity index (χ1v) is 7.63. The first kappa shape index (κ1) is 18.3. The lowest BCUT2D eigenvalue weighted by atomic mass is 9.78. The summed E-state index contributed by atoms with van der Waals surface area (Å²) in [5, 5.41) is 2.54. The number of ether oxygens (including phenoxy) is 2. The van der Waals surface area contributed by atoms with Crippen LogP contribution in [-0.2, 0) is 19.8 Å². The number of halogens is 2. The Morgan fingerprint density at radius 3 is 2.67 bits per heavy atom. The number of carbonyl (C=O) groups is 2. The number of amides is 1. The first-order chi connectivity index (χ1) is 11.1. The molecule has 3 atom stereocenters. The maximum atomic E-state index is 14.4. The first-order valence-electron chi connectivity index (χ1n) is 7.63. The summed E-state index contributed by atoms with van der Waals surface area (Å²) in [6.07, 6.45) is -0.824. The summed E-state index contributed by atoms with van der Waals surface area (Å²) in [7, 11) is 0. The van der Waals surface area contributed by atoms with Gasteiger partial charge in [0.1, 0.15) is 17.4 Å². The van der Waals surface area contributed by atoms with Crippen molar-refractivity contribution in [3.8, 4) is 0 Å². The van der Waals surface area contributed by atoms with Crippen molar-refractivity contribution in [1.82, 2.24) is 5.32 Å². The predicted octanol–water partition coefficient (Wildman–Crippen LogP) is 2.92. The predicted molar refractivity (Wildman–Crippen MR) is 82.4 cm³/mol. The molecule has 0 aromatic heterocycles. The fourth-order valence-corrected chi connectivity index (χ4v) is 2.87. The van der Waals surface area contributed by atoms with Crippen LogP contribution in [0.2, 0.25) is 0 Å². The van der Waals surface area contributed by atoms with Gasteiger partial charge in [0.25, 0.3) is 0 Å². The van der Waals surface area contributed by atoms with Crippen molar-refractivity contribution in [3.63, 3.8) is 0 Å². The fraction of sp³-hybridized carbons (Fsp3) is 0.529. The molecular formula is C17H21F2NO4. The van der Waals surface area contributed by atoms with Crippen molar-refractivity contribution in [2.45, 2.75) is 44.9 Å². The van der Waals surface area contributed by atoms with E-state index in [0.29, 0.717) is 6.29 Å². The number of hydrogen-bond acceptors (Lipinski definition) is 4. The summed E-state index contributed by atoms with van der Waals surface area (Å²) in [6, 6.07) is 3.61. The van der Waals surface area contributed by atoms with Gasteiger partial charge in [-0.05, 0) is 33.8 Å². The lowest BCUT2D eigenvalue weighted by molar-refractivity contribution is -0.113. The van der Waals surface area contributed by atoms with E-state index in [2.05, 4.69) is 5.32 Å². The monoisotopic (exact) mass is 341 g/mol.